The Labute approximate surface area is 258 Å². The van der Waals surface area contributed by atoms with Crippen LogP contribution in [0.3, 0.4) is 0 Å². The predicted molar refractivity (Wildman–Crippen MR) is 160 cm³/mol. The van der Waals surface area contributed by atoms with Crippen LogP contribution in [0, 0.1) is 0 Å². The van der Waals surface area contributed by atoms with E-state index in [1.165, 1.54) is 16.7 Å². The van der Waals surface area contributed by atoms with Gasteiger partial charge in [-0.2, -0.15) is 4.57 Å². The SMILES string of the molecule is CNCCCn1ccc2c1ccc[n+]2CC1=C(C=O)N2C(=O)C(NC(=O)/C(=N\OCC(=O)O)c3nc(N)sc3Cl)C2SC1. The number of rotatable bonds is 13. The van der Waals surface area contributed by atoms with Crippen molar-refractivity contribution < 1.29 is 33.7 Å². The summed E-state index contributed by atoms with van der Waals surface area (Å²) in [5.74, 6) is -2.19. The van der Waals surface area contributed by atoms with Crippen LogP contribution in [0.2, 0.25) is 4.34 Å². The monoisotopic (exact) mass is 647 g/mol. The molecule has 3 aromatic heterocycles. The van der Waals surface area contributed by atoms with E-state index in [9.17, 15) is 19.2 Å². The van der Waals surface area contributed by atoms with Crippen LogP contribution >= 0.6 is 34.7 Å². The van der Waals surface area contributed by atoms with E-state index in [4.69, 9.17) is 27.3 Å². The summed E-state index contributed by atoms with van der Waals surface area (Å²) in [6, 6.07) is 5.07. The molecule has 2 atom stereocenters. The number of carboxylic acid groups (broad SMARTS) is 1. The smallest absolute Gasteiger partial charge is 0.344 e. The number of aldehydes is 1. The van der Waals surface area contributed by atoms with E-state index in [0.29, 0.717) is 18.6 Å². The minimum Gasteiger partial charge on any atom is -0.479 e. The minimum atomic E-state index is -1.31. The van der Waals surface area contributed by atoms with Crippen molar-refractivity contribution in [1.82, 2.24) is 25.1 Å². The number of nitrogens with one attached hydrogen (secondary N) is 2. The first kappa shape index (κ1) is 30.5. The van der Waals surface area contributed by atoms with Crippen LogP contribution in [0.5, 0.6) is 0 Å². The van der Waals surface area contributed by atoms with Crippen LogP contribution < -0.4 is 20.9 Å². The number of nitrogens with zero attached hydrogens (tertiary/aromatic N) is 5. The molecule has 2 unspecified atom stereocenters. The van der Waals surface area contributed by atoms with E-state index in [-0.39, 0.29) is 20.9 Å². The Morgan fingerprint density at radius 2 is 2.21 bits per heavy atom. The maximum Gasteiger partial charge on any atom is 0.344 e. The summed E-state index contributed by atoms with van der Waals surface area (Å²) < 4.78 is 4.28. The molecular weight excluding hydrogens is 620 g/mol. The Morgan fingerprint density at radius 1 is 1.40 bits per heavy atom. The van der Waals surface area contributed by atoms with Gasteiger partial charge in [-0.3, -0.25) is 19.3 Å². The highest BCUT2D eigenvalue weighted by atomic mass is 35.5. The van der Waals surface area contributed by atoms with Gasteiger partial charge in [-0.25, -0.2) is 9.78 Å². The third-order valence-electron chi connectivity index (χ3n) is 6.88. The lowest BCUT2D eigenvalue weighted by Crippen LogP contribution is -2.70. The fraction of sp³-hybridized carbons (Fsp3) is 0.346. The number of aryl methyl sites for hydroxylation is 1. The average Bonchev–Trinajstić information content (AvgIpc) is 3.55. The third kappa shape index (κ3) is 6.22. The number of allylic oxidation sites excluding steroid dienone is 1. The average molecular weight is 648 g/mol. The van der Waals surface area contributed by atoms with Gasteiger partial charge >= 0.3 is 5.97 Å². The lowest BCUT2D eigenvalue weighted by molar-refractivity contribution is -0.663. The summed E-state index contributed by atoms with van der Waals surface area (Å²) in [5, 5.41) is 17.7. The zero-order valence-electron chi connectivity index (χ0n) is 22.9. The molecule has 226 valence electrons. The Bertz CT molecular complexity index is 1650. The molecule has 1 fully saturated rings. The Morgan fingerprint density at radius 3 is 2.91 bits per heavy atom. The molecular formula is C26H28ClN8O6S2+. The third-order valence-corrected chi connectivity index (χ3v) is 9.30. The predicted octanol–water partition coefficient (Wildman–Crippen LogP) is 0.589. The lowest BCUT2D eigenvalue weighted by Gasteiger charge is -2.49. The highest BCUT2D eigenvalue weighted by molar-refractivity contribution is 8.00. The molecule has 0 aromatic carbocycles. The van der Waals surface area contributed by atoms with E-state index < -0.39 is 41.5 Å². The second kappa shape index (κ2) is 13.1. The number of carbonyl (C=O) groups is 4. The number of amides is 2. The zero-order chi connectivity index (χ0) is 30.7. The van der Waals surface area contributed by atoms with Crippen molar-refractivity contribution >= 4 is 80.6 Å². The van der Waals surface area contributed by atoms with Gasteiger partial charge in [0.25, 0.3) is 11.8 Å². The molecule has 2 amide bonds. The van der Waals surface area contributed by atoms with Crippen molar-refractivity contribution in [3.05, 3.63) is 51.9 Å². The number of pyridine rings is 1. The first-order valence-electron chi connectivity index (χ1n) is 13.1. The molecule has 5 heterocycles. The first-order chi connectivity index (χ1) is 20.7. The topological polar surface area (TPSA) is 185 Å². The number of halogens is 1. The molecule has 2 aliphatic rings. The number of fused-ring (bicyclic) bond motifs is 2. The summed E-state index contributed by atoms with van der Waals surface area (Å²) in [6.45, 7) is 1.37. The summed E-state index contributed by atoms with van der Waals surface area (Å²) in [5.41, 5.74) is 8.29. The molecule has 0 radical (unpaired) electrons. The number of carbonyl (C=O) groups excluding carboxylic acids is 3. The van der Waals surface area contributed by atoms with Crippen molar-refractivity contribution in [3.63, 3.8) is 0 Å². The number of aliphatic carboxylic acids is 1. The van der Waals surface area contributed by atoms with Gasteiger partial charge in [-0.15, -0.1) is 11.8 Å². The summed E-state index contributed by atoms with van der Waals surface area (Å²) in [6.07, 6.45) is 5.64. The number of nitrogen functional groups attached to an aromatic ring is 1. The van der Waals surface area contributed by atoms with Gasteiger partial charge in [0.15, 0.2) is 29.9 Å². The summed E-state index contributed by atoms with van der Waals surface area (Å²) >= 11 is 8.45. The maximum atomic E-state index is 13.3. The highest BCUT2D eigenvalue weighted by Gasteiger charge is 2.53. The lowest BCUT2D eigenvalue weighted by atomic mass is 10.0. The van der Waals surface area contributed by atoms with Crippen molar-refractivity contribution in [2.75, 3.05) is 31.7 Å². The number of hydrogen-bond donors (Lipinski definition) is 4. The second-order valence-electron chi connectivity index (χ2n) is 9.62. The number of carboxylic acids is 1. The van der Waals surface area contributed by atoms with E-state index in [1.807, 2.05) is 31.6 Å². The fourth-order valence-electron chi connectivity index (χ4n) is 4.92. The second-order valence-corrected chi connectivity index (χ2v) is 12.4. The Kier molecular flexibility index (Phi) is 9.29. The number of hydrogen-bond acceptors (Lipinski definition) is 11. The number of anilines is 1. The van der Waals surface area contributed by atoms with Gasteiger partial charge in [-0.05, 0) is 26.1 Å². The summed E-state index contributed by atoms with van der Waals surface area (Å²) in [4.78, 5) is 59.7. The molecule has 0 aliphatic carbocycles. The van der Waals surface area contributed by atoms with Crippen LogP contribution in [0.4, 0.5) is 5.13 Å². The molecule has 17 heteroatoms. The molecule has 3 aromatic rings. The molecule has 1 saturated heterocycles. The van der Waals surface area contributed by atoms with Gasteiger partial charge in [0.05, 0.1) is 5.70 Å². The van der Waals surface area contributed by atoms with Gasteiger partial charge in [0.2, 0.25) is 12.1 Å². The van der Waals surface area contributed by atoms with Crippen LogP contribution in [0.15, 0.2) is 47.0 Å². The van der Waals surface area contributed by atoms with Crippen LogP contribution in [0.25, 0.3) is 11.0 Å². The maximum absolute atomic E-state index is 13.3. The van der Waals surface area contributed by atoms with E-state index in [1.54, 1.807) is 0 Å². The molecule has 0 spiro atoms. The largest absolute Gasteiger partial charge is 0.479 e. The van der Waals surface area contributed by atoms with E-state index in [0.717, 1.165) is 47.5 Å². The van der Waals surface area contributed by atoms with Crippen LogP contribution in [0.1, 0.15) is 12.1 Å². The normalized spacial score (nSPS) is 18.4. The van der Waals surface area contributed by atoms with Crippen LogP contribution in [-0.4, -0.2) is 86.7 Å². The number of oxime groups is 1. The van der Waals surface area contributed by atoms with Crippen molar-refractivity contribution in [2.45, 2.75) is 30.9 Å². The minimum absolute atomic E-state index is 0.0376. The van der Waals surface area contributed by atoms with Crippen LogP contribution in [-0.2, 0) is 37.1 Å². The molecule has 5 N–H and O–H groups in total. The van der Waals surface area contributed by atoms with E-state index >= 15 is 0 Å². The summed E-state index contributed by atoms with van der Waals surface area (Å²) in [7, 11) is 1.92. The number of thioether (sulfide) groups is 1. The molecule has 5 rings (SSSR count). The number of β-lactam (4-membered cyclic amide) rings is 1. The van der Waals surface area contributed by atoms with Crippen molar-refractivity contribution in [2.24, 2.45) is 5.16 Å². The van der Waals surface area contributed by atoms with Gasteiger partial charge in [-0.1, -0.05) is 28.1 Å². The fourth-order valence-corrected chi connectivity index (χ4v) is 7.20. The highest BCUT2D eigenvalue weighted by Crippen LogP contribution is 2.40. The van der Waals surface area contributed by atoms with Crippen molar-refractivity contribution in [1.29, 1.82) is 0 Å². The van der Waals surface area contributed by atoms with Gasteiger partial charge in [0.1, 0.15) is 27.0 Å². The Balaban J connectivity index is 1.33. The zero-order valence-corrected chi connectivity index (χ0v) is 25.2. The number of thiazole rings is 1. The molecule has 14 nitrogen and oxygen atoms in total. The van der Waals surface area contributed by atoms with E-state index in [2.05, 4.69) is 36.0 Å². The molecule has 43 heavy (non-hydrogen) atoms. The van der Waals surface area contributed by atoms with Gasteiger partial charge < -0.3 is 30.9 Å². The van der Waals surface area contributed by atoms with Crippen molar-refractivity contribution in [3.8, 4) is 0 Å². The molecule has 2 aliphatic heterocycles. The standard InChI is InChI=1S/C26H27ClN8O6S2/c1-29-6-3-8-33-9-5-16-15(33)4-2-7-34(16)10-14-13-42-25-21(24(40)35(25)17(14)11-36)30-23(39)20(32-41-12-18(37)38)19-22(27)43-26(28)31-19/h2,4-5,7,9,11,21,25,29H,3,6,8,10,12-13H2,1H3,(H3-,28,30,31,37,38,39)/p+1/b32-20-. The number of nitrogens with two attached hydrogens (primary N) is 1. The Hall–Kier alpha value is -3.99. The number of aromatic nitrogens is 3. The molecule has 0 saturated carbocycles. The quantitative estimate of drug-likeness (QED) is 0.0511. The first-order valence-corrected chi connectivity index (χ1v) is 15.4. The molecule has 0 bridgehead atoms. The van der Waals surface area contributed by atoms with Gasteiger partial charge in [0, 0.05) is 36.2 Å².